The minimum Gasteiger partial charge on any atom is -0.299 e. The van der Waals surface area contributed by atoms with Crippen LogP contribution in [0.2, 0.25) is 0 Å². The molecule has 0 unspecified atom stereocenters. The van der Waals surface area contributed by atoms with Gasteiger partial charge in [-0.15, -0.1) is 0 Å². The fourth-order valence-electron chi connectivity index (χ4n) is 1.09. The fraction of sp³-hybridized carbons (Fsp3) is 0.778. The quantitative estimate of drug-likeness (QED) is 0.658. The molecule has 0 bridgehead atoms. The van der Waals surface area contributed by atoms with Gasteiger partial charge in [0.2, 0.25) is 0 Å². The van der Waals surface area contributed by atoms with Crippen LogP contribution < -0.4 is 0 Å². The molecule has 3 heteroatoms. The van der Waals surface area contributed by atoms with Gasteiger partial charge in [-0.2, -0.15) is 0 Å². The molecule has 0 atom stereocenters. The molecule has 0 spiro atoms. The monoisotopic (exact) mass is 253 g/mol. The van der Waals surface area contributed by atoms with Crippen molar-refractivity contribution in [1.82, 2.24) is 4.90 Å². The molecular formula is C9H17BrClN. The van der Waals surface area contributed by atoms with Gasteiger partial charge in [0, 0.05) is 24.0 Å². The van der Waals surface area contributed by atoms with E-state index in [0.29, 0.717) is 0 Å². The van der Waals surface area contributed by atoms with E-state index in [1.165, 1.54) is 12.0 Å². The van der Waals surface area contributed by atoms with E-state index in [1.807, 2.05) is 0 Å². The summed E-state index contributed by atoms with van der Waals surface area (Å²) in [6.45, 7) is 7.48. The second kappa shape index (κ2) is 8.09. The number of halogens is 2. The molecule has 1 nitrogen and oxygen atoms in total. The lowest BCUT2D eigenvalue weighted by molar-refractivity contribution is 0.316. The molecule has 0 saturated carbocycles. The highest BCUT2D eigenvalue weighted by Crippen LogP contribution is 2.01. The Kier molecular flexibility index (Phi) is 8.40. The lowest BCUT2D eigenvalue weighted by Crippen LogP contribution is -2.28. The third-order valence-electron chi connectivity index (χ3n) is 1.60. The summed E-state index contributed by atoms with van der Waals surface area (Å²) in [4.78, 5) is 2.39. The highest BCUT2D eigenvalue weighted by molar-refractivity contribution is 9.09. The first kappa shape index (κ1) is 12.5. The maximum Gasteiger partial charge on any atom is 0.0202 e. The first-order chi connectivity index (χ1) is 5.74. The van der Waals surface area contributed by atoms with Gasteiger partial charge in [0.15, 0.2) is 0 Å². The predicted octanol–water partition coefficient (Wildman–Crippen LogP) is 3.24. The van der Waals surface area contributed by atoms with Crippen molar-refractivity contribution < 1.29 is 0 Å². The van der Waals surface area contributed by atoms with Crippen molar-refractivity contribution in [3.05, 3.63) is 11.1 Å². The van der Waals surface area contributed by atoms with E-state index in [-0.39, 0.29) is 0 Å². The Morgan fingerprint density at radius 2 is 2.17 bits per heavy atom. The van der Waals surface area contributed by atoms with Crippen LogP contribution in [-0.4, -0.2) is 29.9 Å². The van der Waals surface area contributed by atoms with Gasteiger partial charge < -0.3 is 0 Å². The van der Waals surface area contributed by atoms with Crippen LogP contribution in [0.5, 0.6) is 0 Å². The lowest BCUT2D eigenvalue weighted by atomic mass is 10.3. The smallest absolute Gasteiger partial charge is 0.0202 e. The first-order valence-electron chi connectivity index (χ1n) is 4.28. The van der Waals surface area contributed by atoms with Crippen molar-refractivity contribution >= 4 is 27.5 Å². The summed E-state index contributed by atoms with van der Waals surface area (Å²) in [5, 5.41) is 1.03. The molecule has 0 saturated heterocycles. The summed E-state index contributed by atoms with van der Waals surface area (Å²) in [6.07, 6.45) is 1.20. The molecule has 0 amide bonds. The van der Waals surface area contributed by atoms with E-state index in [9.17, 15) is 0 Å². The normalized spacial score (nSPS) is 12.6. The van der Waals surface area contributed by atoms with Crippen molar-refractivity contribution in [2.45, 2.75) is 20.3 Å². The van der Waals surface area contributed by atoms with Crippen LogP contribution >= 0.6 is 27.5 Å². The van der Waals surface area contributed by atoms with Crippen LogP contribution in [-0.2, 0) is 0 Å². The Bertz CT molecular complexity index is 130. The van der Waals surface area contributed by atoms with E-state index in [4.69, 9.17) is 11.6 Å². The largest absolute Gasteiger partial charge is 0.299 e. The molecule has 0 aromatic carbocycles. The molecule has 0 fully saturated rings. The first-order valence-corrected chi connectivity index (χ1v) is 5.84. The highest BCUT2D eigenvalue weighted by atomic mass is 79.9. The van der Waals surface area contributed by atoms with Crippen LogP contribution in [0.25, 0.3) is 0 Å². The topological polar surface area (TPSA) is 3.24 Å². The number of nitrogens with zero attached hydrogens (tertiary/aromatic N) is 1. The minimum absolute atomic E-state index is 0.989. The molecule has 12 heavy (non-hydrogen) atoms. The SMILES string of the molecule is CCCN(CCBr)CC(C)=CCl. The zero-order valence-corrected chi connectivity index (χ0v) is 10.2. The van der Waals surface area contributed by atoms with Crippen molar-refractivity contribution in [3.8, 4) is 0 Å². The van der Waals surface area contributed by atoms with E-state index in [2.05, 4.69) is 34.7 Å². The second-order valence-corrected chi connectivity index (χ2v) is 3.93. The van der Waals surface area contributed by atoms with Gasteiger partial charge >= 0.3 is 0 Å². The molecule has 72 valence electrons. The maximum atomic E-state index is 5.60. The van der Waals surface area contributed by atoms with Crippen LogP contribution in [0.3, 0.4) is 0 Å². The molecule has 0 aliphatic heterocycles. The highest BCUT2D eigenvalue weighted by Gasteiger charge is 2.02. The summed E-state index contributed by atoms with van der Waals surface area (Å²) in [5.74, 6) is 0. The molecule has 0 rings (SSSR count). The molecule has 0 N–H and O–H groups in total. The zero-order chi connectivity index (χ0) is 9.40. The summed E-state index contributed by atoms with van der Waals surface area (Å²) in [7, 11) is 0. The maximum absolute atomic E-state index is 5.60. The second-order valence-electron chi connectivity index (χ2n) is 2.92. The number of hydrogen-bond donors (Lipinski definition) is 0. The van der Waals surface area contributed by atoms with Crippen molar-refractivity contribution in [1.29, 1.82) is 0 Å². The average Bonchev–Trinajstić information content (AvgIpc) is 2.05. The van der Waals surface area contributed by atoms with E-state index >= 15 is 0 Å². The Hall–Kier alpha value is 0.470. The molecule has 0 heterocycles. The van der Waals surface area contributed by atoms with Crippen LogP contribution in [0.15, 0.2) is 11.1 Å². The standard InChI is InChI=1S/C9H17BrClN/c1-3-5-12(6-4-10)8-9(2)7-11/h7H,3-6,8H2,1-2H3. The third-order valence-corrected chi connectivity index (χ3v) is 2.33. The van der Waals surface area contributed by atoms with E-state index in [1.54, 1.807) is 5.54 Å². The van der Waals surface area contributed by atoms with E-state index < -0.39 is 0 Å². The van der Waals surface area contributed by atoms with Crippen molar-refractivity contribution in [2.24, 2.45) is 0 Å². The van der Waals surface area contributed by atoms with Gasteiger partial charge in [0.25, 0.3) is 0 Å². The minimum atomic E-state index is 0.989. The van der Waals surface area contributed by atoms with Gasteiger partial charge in [-0.1, -0.05) is 34.5 Å². The Morgan fingerprint density at radius 3 is 2.58 bits per heavy atom. The predicted molar refractivity (Wildman–Crippen MR) is 60.1 cm³/mol. The average molecular weight is 255 g/mol. The van der Waals surface area contributed by atoms with Gasteiger partial charge in [-0.25, -0.2) is 0 Å². The number of alkyl halides is 1. The third kappa shape index (κ3) is 6.04. The van der Waals surface area contributed by atoms with Crippen LogP contribution in [0.4, 0.5) is 0 Å². The number of hydrogen-bond acceptors (Lipinski definition) is 1. The number of rotatable bonds is 6. The van der Waals surface area contributed by atoms with Gasteiger partial charge in [-0.3, -0.25) is 4.90 Å². The zero-order valence-electron chi connectivity index (χ0n) is 7.82. The Labute approximate surface area is 88.9 Å². The summed E-state index contributed by atoms with van der Waals surface area (Å²) in [5.41, 5.74) is 2.89. The van der Waals surface area contributed by atoms with Gasteiger partial charge in [-0.05, 0) is 25.5 Å². The van der Waals surface area contributed by atoms with Crippen molar-refractivity contribution in [2.75, 3.05) is 25.0 Å². The summed E-state index contributed by atoms with van der Waals surface area (Å²) >= 11 is 9.03. The van der Waals surface area contributed by atoms with Gasteiger partial charge in [0.05, 0.1) is 0 Å². The molecule has 0 aromatic rings. The molecule has 0 aliphatic rings. The molecule has 0 radical (unpaired) electrons. The van der Waals surface area contributed by atoms with Crippen LogP contribution in [0, 0.1) is 0 Å². The fourth-order valence-corrected chi connectivity index (χ4v) is 1.66. The molecule has 0 aliphatic carbocycles. The summed E-state index contributed by atoms with van der Waals surface area (Å²) < 4.78 is 0. The molecule has 0 aromatic heterocycles. The van der Waals surface area contributed by atoms with Crippen LogP contribution in [0.1, 0.15) is 20.3 Å². The molecular weight excluding hydrogens is 237 g/mol. The summed E-state index contributed by atoms with van der Waals surface area (Å²) in [6, 6.07) is 0. The Balaban J connectivity index is 3.77. The van der Waals surface area contributed by atoms with E-state index in [0.717, 1.165) is 25.0 Å². The lowest BCUT2D eigenvalue weighted by Gasteiger charge is -2.20. The van der Waals surface area contributed by atoms with Gasteiger partial charge in [0.1, 0.15) is 0 Å². The van der Waals surface area contributed by atoms with Crippen molar-refractivity contribution in [3.63, 3.8) is 0 Å². The Morgan fingerprint density at radius 1 is 1.50 bits per heavy atom.